The van der Waals surface area contributed by atoms with Crippen LogP contribution in [0.5, 0.6) is 0 Å². The second kappa shape index (κ2) is 4.35. The van der Waals surface area contributed by atoms with E-state index in [1.165, 1.54) is 11.3 Å². The third-order valence-corrected chi connectivity index (χ3v) is 4.00. The second-order valence-corrected chi connectivity index (χ2v) is 5.96. The summed E-state index contributed by atoms with van der Waals surface area (Å²) in [6.45, 7) is 6.50. The Hall–Kier alpha value is -0.580. The fourth-order valence-corrected chi connectivity index (χ4v) is 3.01. The first-order valence-electron chi connectivity index (χ1n) is 5.27. The van der Waals surface area contributed by atoms with Crippen LogP contribution in [0.1, 0.15) is 23.5 Å². The molecule has 0 bridgehead atoms. The largest absolute Gasteiger partial charge is 0.335 e. The molecule has 0 aliphatic carbocycles. The Labute approximate surface area is 104 Å². The Balaban J connectivity index is 2.14. The van der Waals surface area contributed by atoms with Crippen LogP contribution in [0.4, 0.5) is 0 Å². The molecule has 1 amide bonds. The van der Waals surface area contributed by atoms with Crippen LogP contribution in [0.15, 0.2) is 11.4 Å². The van der Waals surface area contributed by atoms with Gasteiger partial charge in [0.15, 0.2) is 0 Å². The van der Waals surface area contributed by atoms with Crippen molar-refractivity contribution in [3.05, 3.63) is 21.3 Å². The first-order valence-corrected chi connectivity index (χ1v) is 6.53. The molecule has 1 aliphatic rings. The number of piperazine rings is 1. The number of amides is 1. The van der Waals surface area contributed by atoms with Gasteiger partial charge in [-0.1, -0.05) is 11.6 Å². The lowest BCUT2D eigenvalue weighted by Gasteiger charge is -2.39. The van der Waals surface area contributed by atoms with Gasteiger partial charge in [-0.3, -0.25) is 4.79 Å². The van der Waals surface area contributed by atoms with E-state index in [1.54, 1.807) is 6.07 Å². The van der Waals surface area contributed by atoms with Crippen LogP contribution in [0, 0.1) is 0 Å². The first kappa shape index (κ1) is 11.9. The van der Waals surface area contributed by atoms with Gasteiger partial charge in [0.1, 0.15) is 4.88 Å². The van der Waals surface area contributed by atoms with E-state index in [2.05, 4.69) is 19.2 Å². The Morgan fingerprint density at radius 1 is 1.62 bits per heavy atom. The average Bonchev–Trinajstić information content (AvgIpc) is 2.62. The van der Waals surface area contributed by atoms with Gasteiger partial charge in [0.25, 0.3) is 5.91 Å². The number of hydrogen-bond donors (Lipinski definition) is 1. The highest BCUT2D eigenvalue weighted by atomic mass is 35.5. The zero-order valence-electron chi connectivity index (χ0n) is 9.42. The van der Waals surface area contributed by atoms with Crippen molar-refractivity contribution < 1.29 is 4.79 Å². The molecule has 5 heteroatoms. The highest BCUT2D eigenvalue weighted by Crippen LogP contribution is 2.24. The molecule has 1 aromatic rings. The minimum atomic E-state index is -0.0162. The fourth-order valence-electron chi connectivity index (χ4n) is 1.90. The maximum absolute atomic E-state index is 12.2. The number of hydrogen-bond acceptors (Lipinski definition) is 3. The van der Waals surface area contributed by atoms with Crippen molar-refractivity contribution >= 4 is 28.8 Å². The van der Waals surface area contributed by atoms with Gasteiger partial charge in [0.05, 0.1) is 5.02 Å². The summed E-state index contributed by atoms with van der Waals surface area (Å²) in [4.78, 5) is 14.7. The normalized spacial score (nSPS) is 19.8. The first-order chi connectivity index (χ1) is 7.49. The zero-order valence-corrected chi connectivity index (χ0v) is 11.0. The van der Waals surface area contributed by atoms with Gasteiger partial charge in [0, 0.05) is 25.2 Å². The summed E-state index contributed by atoms with van der Waals surface area (Å²) < 4.78 is 0. The molecule has 0 saturated carbocycles. The van der Waals surface area contributed by atoms with Crippen molar-refractivity contribution in [1.29, 1.82) is 0 Å². The van der Waals surface area contributed by atoms with Crippen LogP contribution in [0.2, 0.25) is 5.02 Å². The minimum absolute atomic E-state index is 0.0162. The number of halogens is 1. The lowest BCUT2D eigenvalue weighted by Crippen LogP contribution is -2.58. The van der Waals surface area contributed by atoms with E-state index in [0.29, 0.717) is 9.90 Å². The summed E-state index contributed by atoms with van der Waals surface area (Å²) in [5.74, 6) is 0.0505. The molecule has 1 fully saturated rings. The van der Waals surface area contributed by atoms with Gasteiger partial charge in [-0.05, 0) is 25.3 Å². The summed E-state index contributed by atoms with van der Waals surface area (Å²) in [7, 11) is 0. The lowest BCUT2D eigenvalue weighted by atomic mass is 10.0. The van der Waals surface area contributed by atoms with Crippen LogP contribution in [0.25, 0.3) is 0 Å². The van der Waals surface area contributed by atoms with Crippen LogP contribution in [0.3, 0.4) is 0 Å². The summed E-state index contributed by atoms with van der Waals surface area (Å²) >= 11 is 7.38. The van der Waals surface area contributed by atoms with Crippen molar-refractivity contribution in [1.82, 2.24) is 10.2 Å². The molecule has 3 nitrogen and oxygen atoms in total. The summed E-state index contributed by atoms with van der Waals surface area (Å²) in [6, 6.07) is 1.77. The van der Waals surface area contributed by atoms with Gasteiger partial charge in [0.2, 0.25) is 0 Å². The average molecular weight is 259 g/mol. The van der Waals surface area contributed by atoms with Crippen molar-refractivity contribution in [2.45, 2.75) is 19.4 Å². The van der Waals surface area contributed by atoms with Crippen LogP contribution in [-0.2, 0) is 0 Å². The molecule has 1 N–H and O–H groups in total. The Morgan fingerprint density at radius 3 is 2.94 bits per heavy atom. The van der Waals surface area contributed by atoms with Crippen LogP contribution < -0.4 is 5.32 Å². The van der Waals surface area contributed by atoms with Crippen molar-refractivity contribution in [2.75, 3.05) is 19.6 Å². The van der Waals surface area contributed by atoms with E-state index in [4.69, 9.17) is 11.6 Å². The molecule has 1 aliphatic heterocycles. The quantitative estimate of drug-likeness (QED) is 0.838. The topological polar surface area (TPSA) is 32.3 Å². The third kappa shape index (κ3) is 2.39. The van der Waals surface area contributed by atoms with Gasteiger partial charge in [-0.2, -0.15) is 0 Å². The molecule has 1 saturated heterocycles. The lowest BCUT2D eigenvalue weighted by molar-refractivity contribution is 0.0657. The number of thiophene rings is 1. The standard InChI is InChI=1S/C11H15ClN2OS/c1-11(2)7-14(5-4-13-11)10(15)9-8(12)3-6-16-9/h3,6,13H,4-5,7H2,1-2H3. The van der Waals surface area contributed by atoms with Gasteiger partial charge in [-0.15, -0.1) is 11.3 Å². The van der Waals surface area contributed by atoms with E-state index in [9.17, 15) is 4.79 Å². The molecule has 88 valence electrons. The highest BCUT2D eigenvalue weighted by molar-refractivity contribution is 7.12. The summed E-state index contributed by atoms with van der Waals surface area (Å²) in [5, 5.41) is 5.79. The van der Waals surface area contributed by atoms with Crippen molar-refractivity contribution in [2.24, 2.45) is 0 Å². The molecule has 2 rings (SSSR count). The predicted octanol–water partition coefficient (Wildman–Crippen LogP) is 2.23. The van der Waals surface area contributed by atoms with Crippen LogP contribution >= 0.6 is 22.9 Å². The molecular formula is C11H15ClN2OS. The maximum Gasteiger partial charge on any atom is 0.265 e. The van der Waals surface area contributed by atoms with E-state index < -0.39 is 0 Å². The van der Waals surface area contributed by atoms with E-state index in [-0.39, 0.29) is 11.4 Å². The molecule has 0 radical (unpaired) electrons. The zero-order chi connectivity index (χ0) is 11.8. The smallest absolute Gasteiger partial charge is 0.265 e. The number of carbonyl (C=O) groups is 1. The summed E-state index contributed by atoms with van der Waals surface area (Å²) in [5.41, 5.74) is -0.0162. The van der Waals surface area contributed by atoms with E-state index in [0.717, 1.165) is 19.6 Å². The molecule has 1 aromatic heterocycles. The number of nitrogens with zero attached hydrogens (tertiary/aromatic N) is 1. The van der Waals surface area contributed by atoms with Gasteiger partial charge in [-0.25, -0.2) is 0 Å². The molecule has 16 heavy (non-hydrogen) atoms. The van der Waals surface area contributed by atoms with Gasteiger partial charge >= 0.3 is 0 Å². The molecule has 0 atom stereocenters. The molecule has 2 heterocycles. The van der Waals surface area contributed by atoms with Crippen LogP contribution in [-0.4, -0.2) is 36.0 Å². The Kier molecular flexibility index (Phi) is 3.24. The monoisotopic (exact) mass is 258 g/mol. The van der Waals surface area contributed by atoms with E-state index >= 15 is 0 Å². The van der Waals surface area contributed by atoms with Crippen molar-refractivity contribution in [3.8, 4) is 0 Å². The molecular weight excluding hydrogens is 244 g/mol. The summed E-state index contributed by atoms with van der Waals surface area (Å²) in [6.07, 6.45) is 0. The molecule has 0 aromatic carbocycles. The van der Waals surface area contributed by atoms with Gasteiger partial charge < -0.3 is 10.2 Å². The number of rotatable bonds is 1. The Morgan fingerprint density at radius 2 is 2.38 bits per heavy atom. The number of nitrogens with one attached hydrogen (secondary N) is 1. The molecule has 0 spiro atoms. The van der Waals surface area contributed by atoms with Crippen molar-refractivity contribution in [3.63, 3.8) is 0 Å². The molecule has 0 unspecified atom stereocenters. The third-order valence-electron chi connectivity index (χ3n) is 2.67. The van der Waals surface area contributed by atoms with E-state index in [1.807, 2.05) is 10.3 Å². The highest BCUT2D eigenvalue weighted by Gasteiger charge is 2.30. The fraction of sp³-hybridized carbons (Fsp3) is 0.545. The maximum atomic E-state index is 12.2. The minimum Gasteiger partial charge on any atom is -0.335 e. The SMILES string of the molecule is CC1(C)CN(C(=O)c2sccc2Cl)CCN1. The predicted molar refractivity (Wildman–Crippen MR) is 67.3 cm³/mol. The Bertz CT molecular complexity index is 402. The number of carbonyl (C=O) groups excluding carboxylic acids is 1. The second-order valence-electron chi connectivity index (χ2n) is 4.64.